The lowest BCUT2D eigenvalue weighted by Gasteiger charge is -2.46. The molecule has 0 aromatic rings. The van der Waals surface area contributed by atoms with Crippen molar-refractivity contribution in [1.29, 1.82) is 0 Å². The first kappa shape index (κ1) is 18.4. The number of amidine groups is 1. The Balaban J connectivity index is 1.27. The number of piperazine rings is 1. The third-order valence-corrected chi connectivity index (χ3v) is 7.00. The van der Waals surface area contributed by atoms with Crippen LogP contribution in [0.2, 0.25) is 0 Å². The standard InChI is InChI=1S/C21H37N5/c1-2-3-4-5-10-24-11-9-19-20(16-24)22-17-23-21(19)26-14-12-25(13-15-26)18-7-6-8-18/h17-20H,2-16H2,1H3. The van der Waals surface area contributed by atoms with E-state index in [2.05, 4.69) is 21.6 Å². The summed E-state index contributed by atoms with van der Waals surface area (Å²) in [6.07, 6.45) is 12.8. The summed E-state index contributed by atoms with van der Waals surface area (Å²) in [5.41, 5.74) is 0. The van der Waals surface area contributed by atoms with E-state index < -0.39 is 0 Å². The number of unbranched alkanes of at least 4 members (excludes halogenated alkanes) is 3. The number of aliphatic imine (C=N–C) groups is 2. The number of nitrogens with zero attached hydrogens (tertiary/aromatic N) is 5. The molecule has 0 N–H and O–H groups in total. The van der Waals surface area contributed by atoms with Gasteiger partial charge in [0.05, 0.1) is 6.04 Å². The van der Waals surface area contributed by atoms with Gasteiger partial charge in [-0.15, -0.1) is 0 Å². The van der Waals surface area contributed by atoms with Gasteiger partial charge in [-0.2, -0.15) is 0 Å². The van der Waals surface area contributed by atoms with Crippen molar-refractivity contribution in [2.24, 2.45) is 15.9 Å². The minimum absolute atomic E-state index is 0.437. The second-order valence-corrected chi connectivity index (χ2v) is 8.68. The summed E-state index contributed by atoms with van der Waals surface area (Å²) in [5, 5.41) is 0. The fourth-order valence-corrected chi connectivity index (χ4v) is 5.07. The third-order valence-electron chi connectivity index (χ3n) is 7.00. The normalized spacial score (nSPS) is 30.8. The van der Waals surface area contributed by atoms with Crippen LogP contribution >= 0.6 is 0 Å². The molecule has 0 amide bonds. The molecule has 3 aliphatic heterocycles. The molecule has 0 aromatic carbocycles. The molecular weight excluding hydrogens is 322 g/mol. The van der Waals surface area contributed by atoms with Gasteiger partial charge in [0, 0.05) is 44.7 Å². The highest BCUT2D eigenvalue weighted by atomic mass is 15.3. The van der Waals surface area contributed by atoms with Gasteiger partial charge >= 0.3 is 0 Å². The second-order valence-electron chi connectivity index (χ2n) is 8.68. The number of likely N-dealkylation sites (tertiary alicyclic amines) is 1. The van der Waals surface area contributed by atoms with E-state index in [9.17, 15) is 0 Å². The molecule has 2 saturated heterocycles. The molecule has 4 aliphatic rings. The van der Waals surface area contributed by atoms with E-state index in [4.69, 9.17) is 9.98 Å². The fraction of sp³-hybridized carbons (Fsp3) is 0.905. The highest BCUT2D eigenvalue weighted by Gasteiger charge is 2.37. The number of rotatable bonds is 6. The number of fused-ring (bicyclic) bond motifs is 1. The molecule has 2 unspecified atom stereocenters. The summed E-state index contributed by atoms with van der Waals surface area (Å²) in [7, 11) is 0. The first-order valence-corrected chi connectivity index (χ1v) is 11.2. The Morgan fingerprint density at radius 3 is 2.58 bits per heavy atom. The zero-order valence-electron chi connectivity index (χ0n) is 16.7. The largest absolute Gasteiger partial charge is 0.357 e. The van der Waals surface area contributed by atoms with Gasteiger partial charge in [0.15, 0.2) is 0 Å². The summed E-state index contributed by atoms with van der Waals surface area (Å²) in [4.78, 5) is 17.5. The smallest absolute Gasteiger partial charge is 0.112 e. The molecule has 3 fully saturated rings. The van der Waals surface area contributed by atoms with Crippen LogP contribution in [0.3, 0.4) is 0 Å². The highest BCUT2D eigenvalue weighted by molar-refractivity contribution is 5.93. The average molecular weight is 360 g/mol. The minimum atomic E-state index is 0.437. The van der Waals surface area contributed by atoms with Crippen molar-refractivity contribution in [2.75, 3.05) is 45.8 Å². The lowest BCUT2D eigenvalue weighted by molar-refractivity contribution is 0.0816. The van der Waals surface area contributed by atoms with Crippen LogP contribution in [0, 0.1) is 5.92 Å². The third kappa shape index (κ3) is 4.14. The monoisotopic (exact) mass is 359 g/mol. The topological polar surface area (TPSA) is 34.4 Å². The van der Waals surface area contributed by atoms with Crippen molar-refractivity contribution in [3.8, 4) is 0 Å². The van der Waals surface area contributed by atoms with Crippen LogP contribution < -0.4 is 0 Å². The van der Waals surface area contributed by atoms with Crippen LogP contribution in [0.25, 0.3) is 0 Å². The first-order chi connectivity index (χ1) is 12.8. The van der Waals surface area contributed by atoms with Crippen molar-refractivity contribution in [1.82, 2.24) is 14.7 Å². The second kappa shape index (κ2) is 8.83. The van der Waals surface area contributed by atoms with Crippen molar-refractivity contribution < 1.29 is 0 Å². The van der Waals surface area contributed by atoms with Crippen LogP contribution in [0.1, 0.15) is 58.3 Å². The molecule has 0 spiro atoms. The number of piperidine rings is 1. The van der Waals surface area contributed by atoms with Crippen molar-refractivity contribution >= 4 is 12.2 Å². The molecule has 0 aromatic heterocycles. The zero-order chi connectivity index (χ0) is 17.8. The molecular formula is C21H37N5. The van der Waals surface area contributed by atoms with Crippen LogP contribution in [-0.2, 0) is 0 Å². The van der Waals surface area contributed by atoms with Gasteiger partial charge in [0.2, 0.25) is 0 Å². The van der Waals surface area contributed by atoms with E-state index in [0.29, 0.717) is 12.0 Å². The molecule has 3 heterocycles. The lowest BCUT2D eigenvalue weighted by atomic mass is 9.88. The number of hydrogen-bond acceptors (Lipinski definition) is 5. The van der Waals surface area contributed by atoms with Gasteiger partial charge in [-0.05, 0) is 38.8 Å². The van der Waals surface area contributed by atoms with Gasteiger partial charge < -0.3 is 9.80 Å². The Bertz CT molecular complexity index is 505. The molecule has 5 nitrogen and oxygen atoms in total. The quantitative estimate of drug-likeness (QED) is 0.684. The van der Waals surface area contributed by atoms with Crippen molar-refractivity contribution in [2.45, 2.75) is 70.4 Å². The predicted molar refractivity (Wildman–Crippen MR) is 109 cm³/mol. The van der Waals surface area contributed by atoms with E-state index in [0.717, 1.165) is 25.7 Å². The van der Waals surface area contributed by atoms with E-state index in [1.54, 1.807) is 0 Å². The Labute approximate surface area is 159 Å². The maximum Gasteiger partial charge on any atom is 0.112 e. The maximum absolute atomic E-state index is 4.77. The molecule has 146 valence electrons. The highest BCUT2D eigenvalue weighted by Crippen LogP contribution is 2.29. The van der Waals surface area contributed by atoms with E-state index in [1.165, 1.54) is 83.4 Å². The lowest BCUT2D eigenvalue weighted by Crippen LogP contribution is -2.57. The van der Waals surface area contributed by atoms with Gasteiger partial charge in [-0.1, -0.05) is 32.6 Å². The molecule has 2 atom stereocenters. The predicted octanol–water partition coefficient (Wildman–Crippen LogP) is 2.87. The Kier molecular flexibility index (Phi) is 6.26. The maximum atomic E-state index is 4.77. The summed E-state index contributed by atoms with van der Waals surface area (Å²) in [6.45, 7) is 10.7. The molecule has 0 bridgehead atoms. The molecule has 1 aliphatic carbocycles. The van der Waals surface area contributed by atoms with Crippen LogP contribution in [0.15, 0.2) is 9.98 Å². The average Bonchev–Trinajstić information content (AvgIpc) is 2.64. The van der Waals surface area contributed by atoms with Crippen LogP contribution in [-0.4, -0.2) is 84.8 Å². The van der Waals surface area contributed by atoms with Gasteiger partial charge in [-0.3, -0.25) is 9.89 Å². The number of hydrogen-bond donors (Lipinski definition) is 0. The zero-order valence-corrected chi connectivity index (χ0v) is 16.7. The van der Waals surface area contributed by atoms with Crippen molar-refractivity contribution in [3.63, 3.8) is 0 Å². The van der Waals surface area contributed by atoms with Crippen LogP contribution in [0.4, 0.5) is 0 Å². The Morgan fingerprint density at radius 2 is 1.85 bits per heavy atom. The molecule has 0 radical (unpaired) electrons. The van der Waals surface area contributed by atoms with Crippen molar-refractivity contribution in [3.05, 3.63) is 0 Å². The summed E-state index contributed by atoms with van der Waals surface area (Å²) in [5.74, 6) is 1.91. The van der Waals surface area contributed by atoms with E-state index in [-0.39, 0.29) is 0 Å². The Hall–Kier alpha value is -0.940. The van der Waals surface area contributed by atoms with Crippen LogP contribution in [0.5, 0.6) is 0 Å². The molecule has 26 heavy (non-hydrogen) atoms. The summed E-state index contributed by atoms with van der Waals surface area (Å²) < 4.78 is 0. The molecule has 5 heteroatoms. The van der Waals surface area contributed by atoms with Gasteiger partial charge in [0.25, 0.3) is 0 Å². The van der Waals surface area contributed by atoms with E-state index in [1.807, 2.05) is 6.34 Å². The van der Waals surface area contributed by atoms with Gasteiger partial charge in [-0.25, -0.2) is 4.99 Å². The Morgan fingerprint density at radius 1 is 1.00 bits per heavy atom. The molecule has 1 saturated carbocycles. The first-order valence-electron chi connectivity index (χ1n) is 11.2. The summed E-state index contributed by atoms with van der Waals surface area (Å²) in [6, 6.07) is 1.32. The summed E-state index contributed by atoms with van der Waals surface area (Å²) >= 11 is 0. The van der Waals surface area contributed by atoms with E-state index >= 15 is 0 Å². The minimum Gasteiger partial charge on any atom is -0.357 e. The fourth-order valence-electron chi connectivity index (χ4n) is 5.07. The van der Waals surface area contributed by atoms with Gasteiger partial charge in [0.1, 0.15) is 12.2 Å². The SMILES string of the molecule is CCCCCCN1CCC2C(N3CCN(C4CCC4)CC3)=NC=NC2C1. The molecule has 4 rings (SSSR count).